The van der Waals surface area contributed by atoms with E-state index in [-0.39, 0.29) is 0 Å². The van der Waals surface area contributed by atoms with Crippen LogP contribution in [0, 0.1) is 35.5 Å². The van der Waals surface area contributed by atoms with Crippen molar-refractivity contribution in [3.63, 3.8) is 0 Å². The zero-order valence-electron chi connectivity index (χ0n) is 14.3. The molecule has 0 fully saturated rings. The summed E-state index contributed by atoms with van der Waals surface area (Å²) in [5, 5.41) is 0. The molecule has 0 nitrogen and oxygen atoms in total. The Labute approximate surface area is 117 Å². The van der Waals surface area contributed by atoms with Crippen molar-refractivity contribution in [2.75, 3.05) is 0 Å². The van der Waals surface area contributed by atoms with E-state index in [0.717, 1.165) is 35.5 Å². The van der Waals surface area contributed by atoms with Crippen LogP contribution in [0.5, 0.6) is 0 Å². The molecule has 0 heterocycles. The van der Waals surface area contributed by atoms with E-state index in [4.69, 9.17) is 0 Å². The summed E-state index contributed by atoms with van der Waals surface area (Å²) in [6, 6.07) is 0. The highest BCUT2D eigenvalue weighted by molar-refractivity contribution is 4.68. The molecule has 4 atom stereocenters. The van der Waals surface area contributed by atoms with Crippen molar-refractivity contribution in [3.05, 3.63) is 0 Å². The fourth-order valence-corrected chi connectivity index (χ4v) is 2.29. The molecule has 0 saturated carbocycles. The van der Waals surface area contributed by atoms with Gasteiger partial charge in [0.1, 0.15) is 0 Å². The largest absolute Gasteiger partial charge is 0.0625 e. The molecule has 18 heavy (non-hydrogen) atoms. The van der Waals surface area contributed by atoms with Crippen molar-refractivity contribution in [1.82, 2.24) is 0 Å². The molecule has 0 saturated heterocycles. The minimum absolute atomic E-state index is 0.841. The first-order valence-electron chi connectivity index (χ1n) is 8.25. The summed E-state index contributed by atoms with van der Waals surface area (Å²) in [4.78, 5) is 0. The molecule has 0 rings (SSSR count). The van der Waals surface area contributed by atoms with Gasteiger partial charge in [-0.15, -0.1) is 0 Å². The van der Waals surface area contributed by atoms with E-state index in [2.05, 4.69) is 55.4 Å². The second kappa shape index (κ2) is 8.99. The second-order valence-electron chi connectivity index (χ2n) is 7.55. The van der Waals surface area contributed by atoms with Gasteiger partial charge in [0.25, 0.3) is 0 Å². The lowest BCUT2D eigenvalue weighted by molar-refractivity contribution is 0.266. The van der Waals surface area contributed by atoms with E-state index in [1.165, 1.54) is 25.7 Å². The molecular weight excluding hydrogens is 216 g/mol. The van der Waals surface area contributed by atoms with Crippen LogP contribution in [0.15, 0.2) is 0 Å². The molecule has 0 aliphatic carbocycles. The molecule has 0 aromatic rings. The molecule has 0 radical (unpaired) electrons. The molecule has 0 N–H and O–H groups in total. The van der Waals surface area contributed by atoms with Crippen LogP contribution in [0.1, 0.15) is 81.1 Å². The van der Waals surface area contributed by atoms with Crippen molar-refractivity contribution in [2.45, 2.75) is 81.1 Å². The zero-order valence-corrected chi connectivity index (χ0v) is 14.3. The van der Waals surface area contributed by atoms with Crippen LogP contribution in [0.3, 0.4) is 0 Å². The molecule has 0 heteroatoms. The highest BCUT2D eigenvalue weighted by Crippen LogP contribution is 2.28. The molecule has 0 aliphatic heterocycles. The maximum absolute atomic E-state index is 2.46. The fourth-order valence-electron chi connectivity index (χ4n) is 2.29. The summed E-state index contributed by atoms with van der Waals surface area (Å²) in [7, 11) is 0. The summed E-state index contributed by atoms with van der Waals surface area (Å²) >= 11 is 0. The molecule has 0 aromatic carbocycles. The van der Waals surface area contributed by atoms with E-state index in [0.29, 0.717) is 0 Å². The third-order valence-corrected chi connectivity index (χ3v) is 5.40. The third kappa shape index (κ3) is 7.44. The van der Waals surface area contributed by atoms with Crippen LogP contribution in [-0.4, -0.2) is 0 Å². The van der Waals surface area contributed by atoms with Gasteiger partial charge in [0, 0.05) is 0 Å². The maximum atomic E-state index is 2.46. The lowest BCUT2D eigenvalue weighted by Gasteiger charge is -2.25. The van der Waals surface area contributed by atoms with E-state index >= 15 is 0 Å². The molecule has 0 amide bonds. The number of hydrogen-bond donors (Lipinski definition) is 0. The molecule has 4 unspecified atom stereocenters. The Hall–Kier alpha value is 0. The molecule has 0 bridgehead atoms. The monoisotopic (exact) mass is 254 g/mol. The first-order chi connectivity index (χ1) is 8.25. The van der Waals surface area contributed by atoms with Crippen LogP contribution >= 0.6 is 0 Å². The van der Waals surface area contributed by atoms with Gasteiger partial charge in [-0.3, -0.25) is 0 Å². The molecule has 0 aromatic heterocycles. The van der Waals surface area contributed by atoms with E-state index in [9.17, 15) is 0 Å². The number of hydrogen-bond acceptors (Lipinski definition) is 0. The standard InChI is InChI=1S/C18H38/c1-13(2)15(5)9-11-17(7)18(8)12-10-16(6)14(3)4/h13-18H,9-12H2,1-8H3. The summed E-state index contributed by atoms with van der Waals surface area (Å²) in [6.45, 7) is 19.1. The Morgan fingerprint density at radius 1 is 0.389 bits per heavy atom. The second-order valence-corrected chi connectivity index (χ2v) is 7.55. The van der Waals surface area contributed by atoms with E-state index in [1.807, 2.05) is 0 Å². The van der Waals surface area contributed by atoms with E-state index < -0.39 is 0 Å². The van der Waals surface area contributed by atoms with Crippen molar-refractivity contribution in [2.24, 2.45) is 35.5 Å². The summed E-state index contributed by atoms with van der Waals surface area (Å²) in [6.07, 6.45) is 5.64. The zero-order chi connectivity index (χ0) is 14.3. The van der Waals surface area contributed by atoms with Gasteiger partial charge < -0.3 is 0 Å². The quantitative estimate of drug-likeness (QED) is 0.446. The third-order valence-electron chi connectivity index (χ3n) is 5.40. The van der Waals surface area contributed by atoms with Crippen molar-refractivity contribution in [3.8, 4) is 0 Å². The molecular formula is C18H38. The smallest absolute Gasteiger partial charge is 0.0417 e. The van der Waals surface area contributed by atoms with Crippen LogP contribution in [0.2, 0.25) is 0 Å². The Bertz CT molecular complexity index is 170. The maximum Gasteiger partial charge on any atom is -0.0417 e. The predicted molar refractivity (Wildman–Crippen MR) is 84.8 cm³/mol. The van der Waals surface area contributed by atoms with Gasteiger partial charge in [-0.25, -0.2) is 0 Å². The molecule has 0 aliphatic rings. The van der Waals surface area contributed by atoms with E-state index in [1.54, 1.807) is 0 Å². The Morgan fingerprint density at radius 2 is 0.611 bits per heavy atom. The average Bonchev–Trinajstić information content (AvgIpc) is 2.31. The van der Waals surface area contributed by atoms with Gasteiger partial charge in [-0.2, -0.15) is 0 Å². The van der Waals surface area contributed by atoms with Gasteiger partial charge >= 0.3 is 0 Å². The molecule has 0 spiro atoms. The summed E-state index contributed by atoms with van der Waals surface area (Å²) in [5.74, 6) is 5.24. The average molecular weight is 255 g/mol. The minimum Gasteiger partial charge on any atom is -0.0625 e. The van der Waals surface area contributed by atoms with Gasteiger partial charge in [0.15, 0.2) is 0 Å². The van der Waals surface area contributed by atoms with Crippen molar-refractivity contribution >= 4 is 0 Å². The van der Waals surface area contributed by atoms with Crippen LogP contribution < -0.4 is 0 Å². The topological polar surface area (TPSA) is 0 Å². The summed E-state index contributed by atoms with van der Waals surface area (Å²) < 4.78 is 0. The van der Waals surface area contributed by atoms with Crippen molar-refractivity contribution < 1.29 is 0 Å². The van der Waals surface area contributed by atoms with Gasteiger partial charge in [-0.05, 0) is 35.5 Å². The first kappa shape index (κ1) is 18.0. The van der Waals surface area contributed by atoms with Gasteiger partial charge in [0.05, 0.1) is 0 Å². The lowest BCUT2D eigenvalue weighted by atomic mass is 9.81. The first-order valence-corrected chi connectivity index (χ1v) is 8.25. The lowest BCUT2D eigenvalue weighted by Crippen LogP contribution is -2.14. The van der Waals surface area contributed by atoms with Gasteiger partial charge in [0.2, 0.25) is 0 Å². The fraction of sp³-hybridized carbons (Fsp3) is 1.00. The molecule has 110 valence electrons. The minimum atomic E-state index is 0.841. The highest BCUT2D eigenvalue weighted by Gasteiger charge is 2.16. The highest BCUT2D eigenvalue weighted by atomic mass is 14.2. The van der Waals surface area contributed by atoms with Crippen LogP contribution in [0.25, 0.3) is 0 Å². The van der Waals surface area contributed by atoms with Crippen LogP contribution in [0.4, 0.5) is 0 Å². The van der Waals surface area contributed by atoms with Crippen LogP contribution in [-0.2, 0) is 0 Å². The van der Waals surface area contributed by atoms with Gasteiger partial charge in [-0.1, -0.05) is 81.1 Å². The SMILES string of the molecule is CC(C)C(C)CCC(C)C(C)CCC(C)C(C)C. The summed E-state index contributed by atoms with van der Waals surface area (Å²) in [5.41, 5.74) is 0. The Morgan fingerprint density at radius 3 is 0.833 bits per heavy atom. The predicted octanol–water partition coefficient (Wildman–Crippen LogP) is 6.40. The van der Waals surface area contributed by atoms with Crippen molar-refractivity contribution in [1.29, 1.82) is 0 Å². The number of rotatable bonds is 9. The normalized spacial score (nSPS) is 19.0. The Kier molecular flexibility index (Phi) is 8.99. The Balaban J connectivity index is 3.85.